The number of halogens is 1. The van der Waals surface area contributed by atoms with Gasteiger partial charge in [0.25, 0.3) is 0 Å². The number of hydrogen-bond acceptors (Lipinski definition) is 2. The van der Waals surface area contributed by atoms with Crippen LogP contribution >= 0.6 is 11.6 Å². The Morgan fingerprint density at radius 3 is 3.12 bits per heavy atom. The van der Waals surface area contributed by atoms with Gasteiger partial charge >= 0.3 is 0 Å². The van der Waals surface area contributed by atoms with Gasteiger partial charge in [0.15, 0.2) is 0 Å². The van der Waals surface area contributed by atoms with Gasteiger partial charge in [0.2, 0.25) is 0 Å². The molecule has 2 rings (SSSR count). The molecule has 4 heteroatoms. The van der Waals surface area contributed by atoms with Gasteiger partial charge in [0.05, 0.1) is 0 Å². The molecule has 0 radical (unpaired) electrons. The van der Waals surface area contributed by atoms with Crippen LogP contribution in [0.4, 0.5) is 0 Å². The maximum absolute atomic E-state index is 5.77. The Balaban J connectivity index is 1.80. The molecule has 0 amide bonds. The van der Waals surface area contributed by atoms with Crippen molar-refractivity contribution in [1.29, 1.82) is 0 Å². The Kier molecular flexibility index (Phi) is 4.86. The van der Waals surface area contributed by atoms with Crippen LogP contribution in [-0.4, -0.2) is 39.5 Å². The summed E-state index contributed by atoms with van der Waals surface area (Å²) in [6.07, 6.45) is 10.0. The summed E-state index contributed by atoms with van der Waals surface area (Å²) in [7, 11) is 2.07. The number of imidazole rings is 1. The number of aryl methyl sites for hydroxylation is 1. The van der Waals surface area contributed by atoms with Crippen LogP contribution in [0.1, 0.15) is 31.5 Å². The van der Waals surface area contributed by atoms with Crippen LogP contribution in [0.25, 0.3) is 0 Å². The lowest BCUT2D eigenvalue weighted by molar-refractivity contribution is 0.243. The average molecular weight is 256 g/mol. The molecule has 17 heavy (non-hydrogen) atoms. The van der Waals surface area contributed by atoms with Gasteiger partial charge in [-0.3, -0.25) is 4.90 Å². The predicted octanol–water partition coefficient (Wildman–Crippen LogP) is 2.45. The molecular formula is C13H22ClN3. The van der Waals surface area contributed by atoms with Crippen molar-refractivity contribution in [2.75, 3.05) is 19.0 Å². The summed E-state index contributed by atoms with van der Waals surface area (Å²) in [5.41, 5.74) is 0. The summed E-state index contributed by atoms with van der Waals surface area (Å²) in [6, 6.07) is 0.758. The van der Waals surface area contributed by atoms with Crippen LogP contribution in [0.2, 0.25) is 0 Å². The van der Waals surface area contributed by atoms with Gasteiger partial charge in [-0.15, -0.1) is 11.6 Å². The summed E-state index contributed by atoms with van der Waals surface area (Å²) in [6.45, 7) is 2.38. The second-order valence-corrected chi connectivity index (χ2v) is 5.25. The molecule has 1 unspecified atom stereocenters. The Bertz CT molecular complexity index is 337. The van der Waals surface area contributed by atoms with E-state index in [0.29, 0.717) is 0 Å². The van der Waals surface area contributed by atoms with Crippen molar-refractivity contribution in [1.82, 2.24) is 14.5 Å². The zero-order valence-electron chi connectivity index (χ0n) is 10.6. The van der Waals surface area contributed by atoms with Gasteiger partial charge in [-0.25, -0.2) is 4.98 Å². The highest BCUT2D eigenvalue weighted by Crippen LogP contribution is 2.21. The van der Waals surface area contributed by atoms with E-state index in [-0.39, 0.29) is 0 Å². The van der Waals surface area contributed by atoms with E-state index in [4.69, 9.17) is 11.6 Å². The SMILES string of the molecule is Cn1ccnc1CCN1CCCC1CCCCl. The summed E-state index contributed by atoms with van der Waals surface area (Å²) >= 11 is 5.77. The quantitative estimate of drug-likeness (QED) is 0.728. The molecule has 0 N–H and O–H groups in total. The van der Waals surface area contributed by atoms with Crippen molar-refractivity contribution in [3.8, 4) is 0 Å². The Morgan fingerprint density at radius 2 is 2.41 bits per heavy atom. The van der Waals surface area contributed by atoms with E-state index in [1.165, 1.54) is 31.6 Å². The highest BCUT2D eigenvalue weighted by Gasteiger charge is 2.23. The van der Waals surface area contributed by atoms with Crippen molar-refractivity contribution in [2.24, 2.45) is 7.05 Å². The van der Waals surface area contributed by atoms with Crippen LogP contribution in [0.5, 0.6) is 0 Å². The second-order valence-electron chi connectivity index (χ2n) is 4.87. The molecule has 0 aromatic carbocycles. The van der Waals surface area contributed by atoms with Gasteiger partial charge < -0.3 is 4.57 Å². The van der Waals surface area contributed by atoms with E-state index < -0.39 is 0 Å². The van der Waals surface area contributed by atoms with Crippen LogP contribution in [-0.2, 0) is 13.5 Å². The summed E-state index contributed by atoms with van der Waals surface area (Å²) in [4.78, 5) is 6.99. The number of rotatable bonds is 6. The lowest BCUT2D eigenvalue weighted by Crippen LogP contribution is -2.31. The molecule has 1 aliphatic rings. The first-order chi connectivity index (χ1) is 8.31. The molecule has 1 saturated heterocycles. The van der Waals surface area contributed by atoms with Gasteiger partial charge in [-0.1, -0.05) is 0 Å². The first kappa shape index (κ1) is 12.9. The predicted molar refractivity (Wildman–Crippen MR) is 71.5 cm³/mol. The molecule has 2 heterocycles. The lowest BCUT2D eigenvalue weighted by Gasteiger charge is -2.24. The average Bonchev–Trinajstić information content (AvgIpc) is 2.93. The first-order valence-electron chi connectivity index (χ1n) is 6.57. The standard InChI is InChI=1S/C13H22ClN3/c1-16-11-8-15-13(16)6-10-17-9-3-5-12(17)4-2-7-14/h8,11-12H,2-7,9-10H2,1H3. The van der Waals surface area contributed by atoms with Gasteiger partial charge in [-0.05, 0) is 32.2 Å². The zero-order chi connectivity index (χ0) is 12.1. The van der Waals surface area contributed by atoms with Crippen molar-refractivity contribution < 1.29 is 0 Å². The van der Waals surface area contributed by atoms with Gasteiger partial charge in [0.1, 0.15) is 5.82 Å². The molecule has 1 aromatic heterocycles. The fraction of sp³-hybridized carbons (Fsp3) is 0.769. The number of likely N-dealkylation sites (tertiary alicyclic amines) is 1. The van der Waals surface area contributed by atoms with Crippen LogP contribution in [0.3, 0.4) is 0 Å². The maximum Gasteiger partial charge on any atom is 0.109 e. The molecule has 1 atom stereocenters. The minimum Gasteiger partial charge on any atom is -0.338 e. The fourth-order valence-corrected chi connectivity index (χ4v) is 2.86. The zero-order valence-corrected chi connectivity index (χ0v) is 11.4. The Morgan fingerprint density at radius 1 is 1.53 bits per heavy atom. The largest absolute Gasteiger partial charge is 0.338 e. The normalized spacial score (nSPS) is 21.2. The van der Waals surface area contributed by atoms with Crippen LogP contribution < -0.4 is 0 Å². The third kappa shape index (κ3) is 3.46. The smallest absolute Gasteiger partial charge is 0.109 e. The molecule has 0 spiro atoms. The highest BCUT2D eigenvalue weighted by atomic mass is 35.5. The monoisotopic (exact) mass is 255 g/mol. The summed E-state index contributed by atoms with van der Waals surface area (Å²) < 4.78 is 2.11. The number of alkyl halides is 1. The minimum atomic E-state index is 0.758. The number of hydrogen-bond donors (Lipinski definition) is 0. The van der Waals surface area contributed by atoms with E-state index in [2.05, 4.69) is 21.5 Å². The lowest BCUT2D eigenvalue weighted by atomic mass is 10.1. The summed E-state index contributed by atoms with van der Waals surface area (Å²) in [5.74, 6) is 1.98. The molecule has 0 aliphatic carbocycles. The van der Waals surface area contributed by atoms with E-state index in [0.717, 1.165) is 31.3 Å². The minimum absolute atomic E-state index is 0.758. The van der Waals surface area contributed by atoms with Crippen molar-refractivity contribution >= 4 is 11.6 Å². The Hall–Kier alpha value is -0.540. The second kappa shape index (κ2) is 6.41. The molecule has 96 valence electrons. The molecule has 0 bridgehead atoms. The molecule has 1 aromatic rings. The third-order valence-corrected chi connectivity index (χ3v) is 3.98. The van der Waals surface area contributed by atoms with Crippen molar-refractivity contribution in [2.45, 2.75) is 38.1 Å². The molecular weight excluding hydrogens is 234 g/mol. The molecule has 1 aliphatic heterocycles. The van der Waals surface area contributed by atoms with Crippen LogP contribution in [0, 0.1) is 0 Å². The molecule has 0 saturated carbocycles. The van der Waals surface area contributed by atoms with Crippen LogP contribution in [0.15, 0.2) is 12.4 Å². The highest BCUT2D eigenvalue weighted by molar-refractivity contribution is 6.17. The molecule has 3 nitrogen and oxygen atoms in total. The number of aromatic nitrogens is 2. The topological polar surface area (TPSA) is 21.1 Å². The van der Waals surface area contributed by atoms with E-state index >= 15 is 0 Å². The fourth-order valence-electron chi connectivity index (χ4n) is 2.71. The third-order valence-electron chi connectivity index (χ3n) is 3.71. The molecule has 1 fully saturated rings. The van der Waals surface area contributed by atoms with Crippen molar-refractivity contribution in [3.63, 3.8) is 0 Å². The van der Waals surface area contributed by atoms with E-state index in [9.17, 15) is 0 Å². The van der Waals surface area contributed by atoms with Gasteiger partial charge in [0, 0.05) is 44.3 Å². The van der Waals surface area contributed by atoms with Crippen molar-refractivity contribution in [3.05, 3.63) is 18.2 Å². The maximum atomic E-state index is 5.77. The number of nitrogens with zero attached hydrogens (tertiary/aromatic N) is 3. The Labute approximate surface area is 109 Å². The summed E-state index contributed by atoms with van der Waals surface area (Å²) in [5, 5.41) is 0. The van der Waals surface area contributed by atoms with E-state index in [1.807, 2.05) is 12.4 Å². The van der Waals surface area contributed by atoms with Gasteiger partial charge in [-0.2, -0.15) is 0 Å². The first-order valence-corrected chi connectivity index (χ1v) is 7.11. The van der Waals surface area contributed by atoms with E-state index in [1.54, 1.807) is 0 Å².